The first-order valence-electron chi connectivity index (χ1n) is 6.29. The first kappa shape index (κ1) is 17.5. The van der Waals surface area contributed by atoms with Gasteiger partial charge < -0.3 is 14.8 Å². The molecule has 0 aliphatic carbocycles. The van der Waals surface area contributed by atoms with E-state index < -0.39 is 23.7 Å². The maximum Gasteiger partial charge on any atom is 0.408 e. The van der Waals surface area contributed by atoms with E-state index in [1.54, 1.807) is 20.8 Å². The van der Waals surface area contributed by atoms with Crippen LogP contribution in [0.4, 0.5) is 4.79 Å². The van der Waals surface area contributed by atoms with E-state index in [1.165, 1.54) is 7.11 Å². The summed E-state index contributed by atoms with van der Waals surface area (Å²) < 4.78 is 9.81. The molecule has 19 heavy (non-hydrogen) atoms. The number of methoxy groups -OCH3 is 1. The molecule has 1 N–H and O–H groups in total. The van der Waals surface area contributed by atoms with Crippen molar-refractivity contribution in [2.24, 2.45) is 5.92 Å². The molecule has 0 spiro atoms. The molecule has 0 aliphatic rings. The van der Waals surface area contributed by atoms with E-state index in [2.05, 4.69) is 16.6 Å². The molecule has 5 heteroatoms. The minimum absolute atomic E-state index is 0.0963. The van der Waals surface area contributed by atoms with Crippen LogP contribution in [0.3, 0.4) is 0 Å². The molecule has 0 aromatic carbocycles. The SMILES string of the molecule is C=C(C)[C@@H](C)C[C@H](NC(=O)OC(C)(C)C)C(=O)OC. The molecule has 0 aliphatic heterocycles. The second kappa shape index (κ2) is 7.16. The van der Waals surface area contributed by atoms with Crippen LogP contribution in [-0.4, -0.2) is 30.8 Å². The third kappa shape index (κ3) is 7.49. The van der Waals surface area contributed by atoms with E-state index in [-0.39, 0.29) is 5.92 Å². The highest BCUT2D eigenvalue weighted by atomic mass is 16.6. The third-order valence-electron chi connectivity index (χ3n) is 2.61. The number of rotatable bonds is 5. The fraction of sp³-hybridized carbons (Fsp3) is 0.714. The molecule has 110 valence electrons. The molecule has 0 bridgehead atoms. The normalized spacial score (nSPS) is 14.2. The molecule has 2 atom stereocenters. The zero-order valence-corrected chi connectivity index (χ0v) is 12.7. The number of carbonyl (C=O) groups is 2. The van der Waals surface area contributed by atoms with Gasteiger partial charge in [-0.3, -0.25) is 0 Å². The molecule has 0 saturated carbocycles. The van der Waals surface area contributed by atoms with Crippen LogP contribution in [0.25, 0.3) is 0 Å². The lowest BCUT2D eigenvalue weighted by Gasteiger charge is -2.24. The largest absolute Gasteiger partial charge is 0.467 e. The predicted octanol–water partition coefficient (Wildman–Crippen LogP) is 2.66. The molecule has 0 aromatic heterocycles. The summed E-state index contributed by atoms with van der Waals surface area (Å²) in [6, 6.07) is -0.730. The number of carbonyl (C=O) groups excluding carboxylic acids is 2. The monoisotopic (exact) mass is 271 g/mol. The van der Waals surface area contributed by atoms with Gasteiger partial charge in [-0.15, -0.1) is 0 Å². The second-order valence-corrected chi connectivity index (χ2v) is 5.71. The zero-order chi connectivity index (χ0) is 15.2. The highest BCUT2D eigenvalue weighted by Gasteiger charge is 2.26. The Hall–Kier alpha value is -1.52. The molecule has 1 amide bonds. The Morgan fingerprint density at radius 1 is 1.32 bits per heavy atom. The first-order valence-corrected chi connectivity index (χ1v) is 6.29. The Labute approximate surface area is 115 Å². The van der Waals surface area contributed by atoms with Gasteiger partial charge in [0.25, 0.3) is 0 Å². The molecule has 0 fully saturated rings. The Morgan fingerprint density at radius 2 is 1.84 bits per heavy atom. The Bertz CT molecular complexity index is 344. The van der Waals surface area contributed by atoms with Crippen LogP contribution in [0.5, 0.6) is 0 Å². The van der Waals surface area contributed by atoms with Crippen molar-refractivity contribution in [3.8, 4) is 0 Å². The van der Waals surface area contributed by atoms with Crippen molar-refractivity contribution in [2.45, 2.75) is 52.7 Å². The summed E-state index contributed by atoms with van der Waals surface area (Å²) >= 11 is 0. The number of alkyl carbamates (subject to hydrolysis) is 1. The molecule has 0 aromatic rings. The Kier molecular flexibility index (Phi) is 6.59. The summed E-state index contributed by atoms with van der Waals surface area (Å²) in [5.74, 6) is -0.391. The maximum atomic E-state index is 11.7. The summed E-state index contributed by atoms with van der Waals surface area (Å²) in [6.45, 7) is 12.9. The van der Waals surface area contributed by atoms with Gasteiger partial charge >= 0.3 is 12.1 Å². The van der Waals surface area contributed by atoms with Gasteiger partial charge in [-0.05, 0) is 40.0 Å². The number of hydrogen-bond donors (Lipinski definition) is 1. The van der Waals surface area contributed by atoms with Gasteiger partial charge in [-0.1, -0.05) is 19.1 Å². The van der Waals surface area contributed by atoms with Gasteiger partial charge in [0.05, 0.1) is 7.11 Å². The van der Waals surface area contributed by atoms with E-state index in [0.29, 0.717) is 6.42 Å². The smallest absolute Gasteiger partial charge is 0.408 e. The number of hydrogen-bond acceptors (Lipinski definition) is 4. The molecule has 0 saturated heterocycles. The lowest BCUT2D eigenvalue weighted by molar-refractivity contribution is -0.143. The van der Waals surface area contributed by atoms with Crippen molar-refractivity contribution in [3.63, 3.8) is 0 Å². The van der Waals surface area contributed by atoms with Gasteiger partial charge in [-0.25, -0.2) is 9.59 Å². The van der Waals surface area contributed by atoms with E-state index in [9.17, 15) is 9.59 Å². The van der Waals surface area contributed by atoms with E-state index in [0.717, 1.165) is 5.57 Å². The van der Waals surface area contributed by atoms with E-state index >= 15 is 0 Å². The number of amides is 1. The first-order chi connectivity index (χ1) is 8.56. The summed E-state index contributed by atoms with van der Waals surface area (Å²) in [7, 11) is 1.29. The van der Waals surface area contributed by atoms with Crippen molar-refractivity contribution in [1.82, 2.24) is 5.32 Å². The van der Waals surface area contributed by atoms with E-state index in [1.807, 2.05) is 13.8 Å². The van der Waals surface area contributed by atoms with Crippen molar-refractivity contribution >= 4 is 12.1 Å². The fourth-order valence-electron chi connectivity index (χ4n) is 1.36. The van der Waals surface area contributed by atoms with Gasteiger partial charge in [0.15, 0.2) is 0 Å². The zero-order valence-electron chi connectivity index (χ0n) is 12.7. The van der Waals surface area contributed by atoms with Crippen LogP contribution in [0.15, 0.2) is 12.2 Å². The molecule has 0 heterocycles. The average molecular weight is 271 g/mol. The molecule has 0 radical (unpaired) electrons. The van der Waals surface area contributed by atoms with Crippen LogP contribution in [0.2, 0.25) is 0 Å². The average Bonchev–Trinajstić information content (AvgIpc) is 2.24. The Morgan fingerprint density at radius 3 is 2.21 bits per heavy atom. The van der Waals surface area contributed by atoms with Gasteiger partial charge in [-0.2, -0.15) is 0 Å². The van der Waals surface area contributed by atoms with Crippen LogP contribution in [-0.2, 0) is 14.3 Å². The van der Waals surface area contributed by atoms with Crippen molar-refractivity contribution < 1.29 is 19.1 Å². The quantitative estimate of drug-likeness (QED) is 0.616. The number of esters is 1. The standard InChI is InChI=1S/C14H25NO4/c1-9(2)10(3)8-11(12(16)18-7)15-13(17)19-14(4,5)6/h10-11H,1,8H2,2-7H3,(H,15,17)/t10-,11-/m0/s1. The predicted molar refractivity (Wildman–Crippen MR) is 73.8 cm³/mol. The lowest BCUT2D eigenvalue weighted by Crippen LogP contribution is -2.44. The summed E-state index contributed by atoms with van der Waals surface area (Å²) in [6.07, 6.45) is -0.196. The van der Waals surface area contributed by atoms with Crippen LogP contribution >= 0.6 is 0 Å². The van der Waals surface area contributed by atoms with Crippen LogP contribution in [0.1, 0.15) is 41.0 Å². The van der Waals surface area contributed by atoms with Gasteiger partial charge in [0.2, 0.25) is 0 Å². The number of ether oxygens (including phenoxy) is 2. The molecule has 0 unspecified atom stereocenters. The third-order valence-corrected chi connectivity index (χ3v) is 2.61. The minimum Gasteiger partial charge on any atom is -0.467 e. The van der Waals surface area contributed by atoms with Crippen molar-refractivity contribution in [1.29, 1.82) is 0 Å². The molecular weight excluding hydrogens is 246 g/mol. The van der Waals surface area contributed by atoms with Crippen molar-refractivity contribution in [2.75, 3.05) is 7.11 Å². The van der Waals surface area contributed by atoms with Gasteiger partial charge in [0.1, 0.15) is 11.6 Å². The highest BCUT2D eigenvalue weighted by molar-refractivity contribution is 5.81. The second-order valence-electron chi connectivity index (χ2n) is 5.71. The maximum absolute atomic E-state index is 11.7. The van der Waals surface area contributed by atoms with E-state index in [4.69, 9.17) is 4.74 Å². The summed E-state index contributed by atoms with van der Waals surface area (Å²) in [5.41, 5.74) is 0.338. The highest BCUT2D eigenvalue weighted by Crippen LogP contribution is 2.15. The summed E-state index contributed by atoms with van der Waals surface area (Å²) in [5, 5.41) is 2.53. The minimum atomic E-state index is -0.730. The number of nitrogens with one attached hydrogen (secondary N) is 1. The molecule has 0 rings (SSSR count). The van der Waals surface area contributed by atoms with Crippen molar-refractivity contribution in [3.05, 3.63) is 12.2 Å². The summed E-state index contributed by atoms with van der Waals surface area (Å²) in [4.78, 5) is 23.3. The fourth-order valence-corrected chi connectivity index (χ4v) is 1.36. The molecule has 5 nitrogen and oxygen atoms in total. The number of allylic oxidation sites excluding steroid dienone is 1. The molecular formula is C14H25NO4. The topological polar surface area (TPSA) is 64.6 Å². The van der Waals surface area contributed by atoms with Crippen LogP contribution in [0, 0.1) is 5.92 Å². The Balaban J connectivity index is 4.65. The lowest BCUT2D eigenvalue weighted by atomic mass is 9.96. The van der Waals surface area contributed by atoms with Gasteiger partial charge in [0, 0.05) is 0 Å². The van der Waals surface area contributed by atoms with Crippen LogP contribution < -0.4 is 5.32 Å².